The molecule has 1 aliphatic heterocycles. The molecule has 6 heteroatoms. The molecule has 2 N–H and O–H groups in total. The lowest BCUT2D eigenvalue weighted by atomic mass is 9.71. The molecular formula is C29H30ClNO4. The Morgan fingerprint density at radius 3 is 2.49 bits per heavy atom. The number of carbonyl (C=O) groups is 2. The molecular weight excluding hydrogens is 462 g/mol. The van der Waals surface area contributed by atoms with Gasteiger partial charge in [0, 0.05) is 34.3 Å². The van der Waals surface area contributed by atoms with Gasteiger partial charge in [-0.1, -0.05) is 42.3 Å². The summed E-state index contributed by atoms with van der Waals surface area (Å²) >= 11 is 6.07. The van der Waals surface area contributed by atoms with Crippen LogP contribution in [-0.4, -0.2) is 23.0 Å². The number of halogens is 1. The van der Waals surface area contributed by atoms with E-state index in [2.05, 4.69) is 5.32 Å². The number of ether oxygens (including phenoxy) is 1. The van der Waals surface area contributed by atoms with Crippen LogP contribution in [0.4, 0.5) is 0 Å². The maximum absolute atomic E-state index is 13.7. The van der Waals surface area contributed by atoms with Crippen LogP contribution in [0.3, 0.4) is 0 Å². The Morgan fingerprint density at radius 2 is 1.77 bits per heavy atom. The Morgan fingerprint density at radius 1 is 1.03 bits per heavy atom. The summed E-state index contributed by atoms with van der Waals surface area (Å²) in [5.41, 5.74) is 4.37. The summed E-state index contributed by atoms with van der Waals surface area (Å²) in [5, 5.41) is 14.3. The fraction of sp³-hybridized carbons (Fsp3) is 0.379. The average molecular weight is 492 g/mol. The maximum atomic E-state index is 13.7. The summed E-state index contributed by atoms with van der Waals surface area (Å²) in [4.78, 5) is 27.2. The predicted molar refractivity (Wildman–Crippen MR) is 135 cm³/mol. The fourth-order valence-electron chi connectivity index (χ4n) is 5.72. The highest BCUT2D eigenvalue weighted by Gasteiger charge is 2.42. The lowest BCUT2D eigenvalue weighted by Crippen LogP contribution is -2.37. The Hall–Kier alpha value is -3.05. The van der Waals surface area contributed by atoms with Crippen LogP contribution < -0.4 is 5.32 Å². The number of hydrogen-bond donors (Lipinski definition) is 2. The monoisotopic (exact) mass is 491 g/mol. The van der Waals surface area contributed by atoms with Gasteiger partial charge in [-0.3, -0.25) is 4.79 Å². The SMILES string of the molecule is CC1=C(C(=O)OC2CCCCC2)[C@H](c2cccc(O)c2)C2=C(C[C@H](c3ccc(Cl)cc3)CC2=O)N1. The van der Waals surface area contributed by atoms with E-state index in [4.69, 9.17) is 16.3 Å². The van der Waals surface area contributed by atoms with Gasteiger partial charge in [-0.2, -0.15) is 0 Å². The molecule has 0 aromatic heterocycles. The molecule has 5 nitrogen and oxygen atoms in total. The van der Waals surface area contributed by atoms with E-state index in [9.17, 15) is 14.7 Å². The number of dihydropyridines is 1. The molecule has 2 atom stereocenters. The highest BCUT2D eigenvalue weighted by Crippen LogP contribution is 2.46. The molecule has 2 aliphatic carbocycles. The van der Waals surface area contributed by atoms with Crippen molar-refractivity contribution < 1.29 is 19.4 Å². The molecule has 0 unspecified atom stereocenters. The second-order valence-corrected chi connectivity index (χ2v) is 10.3. The zero-order valence-electron chi connectivity index (χ0n) is 19.9. The largest absolute Gasteiger partial charge is 0.508 e. The molecule has 2 aromatic carbocycles. The maximum Gasteiger partial charge on any atom is 0.337 e. The second-order valence-electron chi connectivity index (χ2n) is 9.83. The summed E-state index contributed by atoms with van der Waals surface area (Å²) in [6, 6.07) is 14.5. The number of Topliss-reactive ketones (excluding diaryl/α,β-unsaturated/α-hetero) is 1. The molecule has 1 fully saturated rings. The van der Waals surface area contributed by atoms with Crippen molar-refractivity contribution in [3.63, 3.8) is 0 Å². The van der Waals surface area contributed by atoms with Crippen LogP contribution >= 0.6 is 11.6 Å². The van der Waals surface area contributed by atoms with E-state index in [1.165, 1.54) is 6.42 Å². The van der Waals surface area contributed by atoms with Crippen molar-refractivity contribution in [1.82, 2.24) is 5.32 Å². The number of phenols is 1. The molecule has 0 amide bonds. The van der Waals surface area contributed by atoms with E-state index < -0.39 is 5.92 Å². The van der Waals surface area contributed by atoms with Crippen molar-refractivity contribution in [2.75, 3.05) is 0 Å². The third-order valence-corrected chi connectivity index (χ3v) is 7.67. The standard InChI is InChI=1S/C29H30ClNO4/c1-17-26(29(34)35-23-8-3-2-4-9-23)27(19-6-5-7-22(32)14-19)28-24(31-17)15-20(16-25(28)33)18-10-12-21(30)13-11-18/h5-7,10-14,20,23,27,31-32H,2-4,8-9,15-16H2,1H3/t20-,27-/m0/s1. The topological polar surface area (TPSA) is 75.6 Å². The third kappa shape index (κ3) is 4.87. The lowest BCUT2D eigenvalue weighted by molar-refractivity contribution is -0.146. The smallest absolute Gasteiger partial charge is 0.337 e. The van der Waals surface area contributed by atoms with Crippen LogP contribution in [0, 0.1) is 0 Å². The number of hydrogen-bond acceptors (Lipinski definition) is 5. The number of aromatic hydroxyl groups is 1. The minimum Gasteiger partial charge on any atom is -0.508 e. The molecule has 182 valence electrons. The Kier molecular flexibility index (Phi) is 6.70. The zero-order valence-corrected chi connectivity index (χ0v) is 20.6. The normalized spacial score (nSPS) is 23.1. The third-order valence-electron chi connectivity index (χ3n) is 7.42. The first-order chi connectivity index (χ1) is 16.9. The van der Waals surface area contributed by atoms with E-state index in [0.29, 0.717) is 40.3 Å². The van der Waals surface area contributed by atoms with Crippen molar-refractivity contribution in [3.05, 3.63) is 87.2 Å². The van der Waals surface area contributed by atoms with Crippen LogP contribution in [0.5, 0.6) is 5.75 Å². The zero-order chi connectivity index (χ0) is 24.5. The molecule has 1 heterocycles. The Labute approximate surface area is 210 Å². The van der Waals surface area contributed by atoms with Gasteiger partial charge in [0.1, 0.15) is 11.9 Å². The van der Waals surface area contributed by atoms with Crippen LogP contribution in [0.1, 0.15) is 74.8 Å². The number of phenolic OH excluding ortho intramolecular Hbond substituents is 1. The van der Waals surface area contributed by atoms with Crippen molar-refractivity contribution in [3.8, 4) is 5.75 Å². The van der Waals surface area contributed by atoms with Gasteiger partial charge in [-0.05, 0) is 80.3 Å². The second kappa shape index (κ2) is 9.90. The number of ketones is 1. The number of benzene rings is 2. The lowest BCUT2D eigenvalue weighted by Gasteiger charge is -2.37. The molecule has 3 aliphatic rings. The van der Waals surface area contributed by atoms with Gasteiger partial charge in [-0.15, -0.1) is 0 Å². The molecule has 1 saturated carbocycles. The van der Waals surface area contributed by atoms with Gasteiger partial charge >= 0.3 is 5.97 Å². The summed E-state index contributed by atoms with van der Waals surface area (Å²) in [7, 11) is 0. The van der Waals surface area contributed by atoms with E-state index in [0.717, 1.165) is 36.9 Å². The molecule has 0 spiro atoms. The quantitative estimate of drug-likeness (QED) is 0.492. The number of carbonyl (C=O) groups excluding carboxylic acids is 2. The van der Waals surface area contributed by atoms with Gasteiger partial charge in [0.15, 0.2) is 5.78 Å². The predicted octanol–water partition coefficient (Wildman–Crippen LogP) is 6.28. The highest BCUT2D eigenvalue weighted by molar-refractivity contribution is 6.30. The van der Waals surface area contributed by atoms with E-state index in [1.807, 2.05) is 37.3 Å². The minimum absolute atomic E-state index is 0.00232. The summed E-state index contributed by atoms with van der Waals surface area (Å²) in [5.74, 6) is -0.826. The number of allylic oxidation sites excluding steroid dienone is 3. The molecule has 0 saturated heterocycles. The minimum atomic E-state index is -0.576. The highest BCUT2D eigenvalue weighted by atomic mass is 35.5. The van der Waals surface area contributed by atoms with E-state index in [1.54, 1.807) is 18.2 Å². The van der Waals surface area contributed by atoms with Gasteiger partial charge in [0.2, 0.25) is 0 Å². The number of esters is 1. The molecule has 0 radical (unpaired) electrons. The van der Waals surface area contributed by atoms with Crippen molar-refractivity contribution in [1.29, 1.82) is 0 Å². The number of rotatable bonds is 4. The fourth-order valence-corrected chi connectivity index (χ4v) is 5.84. The van der Waals surface area contributed by atoms with Gasteiger partial charge < -0.3 is 15.2 Å². The van der Waals surface area contributed by atoms with Crippen molar-refractivity contribution in [2.45, 2.75) is 69.8 Å². The van der Waals surface area contributed by atoms with E-state index >= 15 is 0 Å². The van der Waals surface area contributed by atoms with Gasteiger partial charge in [-0.25, -0.2) is 4.79 Å². The van der Waals surface area contributed by atoms with Crippen molar-refractivity contribution >= 4 is 23.4 Å². The Balaban J connectivity index is 1.52. The number of nitrogens with one attached hydrogen (secondary N) is 1. The molecule has 5 rings (SSSR count). The first-order valence-electron chi connectivity index (χ1n) is 12.4. The first kappa shape index (κ1) is 23.7. The summed E-state index contributed by atoms with van der Waals surface area (Å²) in [6.45, 7) is 1.87. The van der Waals surface area contributed by atoms with Gasteiger partial charge in [0.05, 0.1) is 5.57 Å². The summed E-state index contributed by atoms with van der Waals surface area (Å²) in [6.07, 6.45) is 5.95. The first-order valence-corrected chi connectivity index (χ1v) is 12.8. The van der Waals surface area contributed by atoms with Gasteiger partial charge in [0.25, 0.3) is 0 Å². The van der Waals surface area contributed by atoms with Crippen LogP contribution in [-0.2, 0) is 14.3 Å². The summed E-state index contributed by atoms with van der Waals surface area (Å²) < 4.78 is 5.95. The molecule has 35 heavy (non-hydrogen) atoms. The van der Waals surface area contributed by atoms with Crippen molar-refractivity contribution in [2.24, 2.45) is 0 Å². The van der Waals surface area contributed by atoms with Crippen LogP contribution in [0.15, 0.2) is 71.1 Å². The average Bonchev–Trinajstić information content (AvgIpc) is 2.84. The van der Waals surface area contributed by atoms with E-state index in [-0.39, 0.29) is 29.5 Å². The van der Waals surface area contributed by atoms with Crippen LogP contribution in [0.2, 0.25) is 5.02 Å². The molecule has 0 bridgehead atoms. The van der Waals surface area contributed by atoms with Crippen LogP contribution in [0.25, 0.3) is 0 Å². The molecule has 2 aromatic rings. The Bertz CT molecular complexity index is 1210.